The van der Waals surface area contributed by atoms with Crippen molar-refractivity contribution in [3.8, 4) is 0 Å². The first-order chi connectivity index (χ1) is 7.65. The summed E-state index contributed by atoms with van der Waals surface area (Å²) in [5.41, 5.74) is 0.878. The molecule has 0 fully saturated rings. The van der Waals surface area contributed by atoms with Crippen molar-refractivity contribution in [3.05, 3.63) is 51.0 Å². The lowest BCUT2D eigenvalue weighted by Crippen LogP contribution is -1.94. The molecule has 16 heavy (non-hydrogen) atoms. The number of halogens is 3. The summed E-state index contributed by atoms with van der Waals surface area (Å²) < 4.78 is 0.806. The second kappa shape index (κ2) is 5.04. The summed E-state index contributed by atoms with van der Waals surface area (Å²) in [6, 6.07) is 9.20. The van der Waals surface area contributed by atoms with Crippen LogP contribution in [0.1, 0.15) is 0 Å². The fourth-order valence-electron chi connectivity index (χ4n) is 1.21. The van der Waals surface area contributed by atoms with Crippen molar-refractivity contribution >= 4 is 50.6 Å². The van der Waals surface area contributed by atoms with Gasteiger partial charge >= 0.3 is 0 Å². The molecule has 0 aliphatic rings. The highest BCUT2D eigenvalue weighted by Crippen LogP contribution is 2.26. The maximum absolute atomic E-state index is 5.88. The van der Waals surface area contributed by atoms with Crippen LogP contribution in [0.2, 0.25) is 10.0 Å². The normalized spacial score (nSPS) is 10.2. The average molecular weight is 318 g/mol. The van der Waals surface area contributed by atoms with Crippen molar-refractivity contribution in [2.75, 3.05) is 5.32 Å². The number of aromatic nitrogens is 1. The number of hydrogen-bond acceptors (Lipinski definition) is 2. The van der Waals surface area contributed by atoms with Gasteiger partial charge in [0, 0.05) is 16.9 Å². The largest absolute Gasteiger partial charge is 0.339 e. The van der Waals surface area contributed by atoms with Crippen LogP contribution in [0.3, 0.4) is 0 Å². The highest BCUT2D eigenvalue weighted by atomic mass is 79.9. The smallest absolute Gasteiger partial charge is 0.144 e. The molecule has 2 nitrogen and oxygen atoms in total. The molecular weight excluding hydrogens is 311 g/mol. The summed E-state index contributed by atoms with van der Waals surface area (Å²) in [4.78, 5) is 4.17. The Labute approximate surface area is 112 Å². The second-order valence-corrected chi connectivity index (χ2v) is 4.85. The van der Waals surface area contributed by atoms with Crippen LogP contribution < -0.4 is 5.32 Å². The fraction of sp³-hybridized carbons (Fsp3) is 0. The predicted octanol–water partition coefficient (Wildman–Crippen LogP) is 4.89. The van der Waals surface area contributed by atoms with Gasteiger partial charge in [0.1, 0.15) is 5.82 Å². The Morgan fingerprint density at radius 3 is 2.62 bits per heavy atom. The van der Waals surface area contributed by atoms with Gasteiger partial charge in [-0.3, -0.25) is 0 Å². The van der Waals surface area contributed by atoms with Crippen LogP contribution in [0.4, 0.5) is 11.5 Å². The van der Waals surface area contributed by atoms with Crippen molar-refractivity contribution < 1.29 is 0 Å². The molecule has 1 aromatic carbocycles. The lowest BCUT2D eigenvalue weighted by atomic mass is 10.3. The number of anilines is 2. The maximum atomic E-state index is 5.88. The van der Waals surface area contributed by atoms with E-state index in [-0.39, 0.29) is 0 Å². The van der Waals surface area contributed by atoms with E-state index in [2.05, 4.69) is 26.2 Å². The predicted molar refractivity (Wildman–Crippen MR) is 71.7 cm³/mol. The van der Waals surface area contributed by atoms with Gasteiger partial charge in [0.25, 0.3) is 0 Å². The van der Waals surface area contributed by atoms with Crippen LogP contribution in [0.15, 0.2) is 41.0 Å². The van der Waals surface area contributed by atoms with Crippen molar-refractivity contribution in [1.29, 1.82) is 0 Å². The number of pyridine rings is 1. The second-order valence-electron chi connectivity index (χ2n) is 3.12. The molecule has 0 atom stereocenters. The Morgan fingerprint density at radius 1 is 1.12 bits per heavy atom. The maximum Gasteiger partial charge on any atom is 0.144 e. The van der Waals surface area contributed by atoms with Crippen LogP contribution in [-0.2, 0) is 0 Å². The van der Waals surface area contributed by atoms with E-state index in [9.17, 15) is 0 Å². The third kappa shape index (κ3) is 2.88. The van der Waals surface area contributed by atoms with E-state index >= 15 is 0 Å². The van der Waals surface area contributed by atoms with Gasteiger partial charge in [0.2, 0.25) is 0 Å². The topological polar surface area (TPSA) is 24.9 Å². The van der Waals surface area contributed by atoms with E-state index in [0.717, 1.165) is 10.2 Å². The summed E-state index contributed by atoms with van der Waals surface area (Å²) in [6.45, 7) is 0. The Hall–Kier alpha value is -0.770. The first kappa shape index (κ1) is 11.7. The zero-order valence-corrected chi connectivity index (χ0v) is 11.1. The molecule has 0 amide bonds. The Kier molecular flexibility index (Phi) is 3.69. The summed E-state index contributed by atoms with van der Waals surface area (Å²) in [5, 5.41) is 4.40. The van der Waals surface area contributed by atoms with E-state index < -0.39 is 0 Å². The Bertz CT molecular complexity index is 517. The van der Waals surface area contributed by atoms with Crippen molar-refractivity contribution in [3.63, 3.8) is 0 Å². The van der Waals surface area contributed by atoms with Crippen LogP contribution >= 0.6 is 39.1 Å². The number of rotatable bonds is 2. The molecule has 0 aliphatic heterocycles. The van der Waals surface area contributed by atoms with Gasteiger partial charge in [0.15, 0.2) is 0 Å². The van der Waals surface area contributed by atoms with E-state index in [1.54, 1.807) is 12.3 Å². The molecule has 0 spiro atoms. The van der Waals surface area contributed by atoms with Crippen LogP contribution in [0, 0.1) is 0 Å². The Morgan fingerprint density at radius 2 is 1.94 bits per heavy atom. The van der Waals surface area contributed by atoms with Gasteiger partial charge in [-0.15, -0.1) is 0 Å². The molecule has 0 unspecified atom stereocenters. The third-order valence-electron chi connectivity index (χ3n) is 1.90. The minimum absolute atomic E-state index is 0.587. The molecule has 82 valence electrons. The van der Waals surface area contributed by atoms with Crippen LogP contribution in [0.5, 0.6) is 0 Å². The quantitative estimate of drug-likeness (QED) is 0.852. The van der Waals surface area contributed by atoms with Gasteiger partial charge in [0.05, 0.1) is 9.50 Å². The number of benzene rings is 1. The van der Waals surface area contributed by atoms with Gasteiger partial charge in [-0.25, -0.2) is 4.98 Å². The molecular formula is C11H7BrCl2N2. The minimum atomic E-state index is 0.587. The molecule has 0 aliphatic carbocycles. The van der Waals surface area contributed by atoms with Crippen molar-refractivity contribution in [2.24, 2.45) is 0 Å². The summed E-state index contributed by atoms with van der Waals surface area (Å²) in [5.74, 6) is 0.701. The van der Waals surface area contributed by atoms with Gasteiger partial charge in [-0.05, 0) is 40.2 Å². The fourth-order valence-corrected chi connectivity index (χ4v) is 2.14. The molecule has 0 saturated carbocycles. The molecule has 1 heterocycles. The van der Waals surface area contributed by atoms with Crippen LogP contribution in [0.25, 0.3) is 0 Å². The highest BCUT2D eigenvalue weighted by molar-refractivity contribution is 9.10. The molecule has 2 rings (SSSR count). The molecule has 0 radical (unpaired) electrons. The van der Waals surface area contributed by atoms with Crippen molar-refractivity contribution in [2.45, 2.75) is 0 Å². The number of nitrogens with zero attached hydrogens (tertiary/aromatic N) is 1. The molecule has 0 saturated heterocycles. The number of hydrogen-bond donors (Lipinski definition) is 1. The first-order valence-corrected chi connectivity index (χ1v) is 6.04. The summed E-state index contributed by atoms with van der Waals surface area (Å²) >= 11 is 15.1. The minimum Gasteiger partial charge on any atom is -0.339 e. The van der Waals surface area contributed by atoms with Crippen molar-refractivity contribution in [1.82, 2.24) is 4.98 Å². The first-order valence-electron chi connectivity index (χ1n) is 4.49. The van der Waals surface area contributed by atoms with E-state index in [4.69, 9.17) is 23.2 Å². The SMILES string of the molecule is Clc1cccc(Nc2ncc(Cl)cc2Br)c1. The van der Waals surface area contributed by atoms with Crippen LogP contribution in [-0.4, -0.2) is 4.98 Å². The Balaban J connectivity index is 2.27. The van der Waals surface area contributed by atoms with E-state index in [1.165, 1.54) is 0 Å². The molecule has 1 N–H and O–H groups in total. The van der Waals surface area contributed by atoms with Gasteiger partial charge in [-0.1, -0.05) is 29.3 Å². The molecule has 1 aromatic heterocycles. The monoisotopic (exact) mass is 316 g/mol. The van der Waals surface area contributed by atoms with E-state index in [0.29, 0.717) is 15.9 Å². The van der Waals surface area contributed by atoms with Gasteiger partial charge in [-0.2, -0.15) is 0 Å². The third-order valence-corrected chi connectivity index (χ3v) is 2.94. The average Bonchev–Trinajstić information content (AvgIpc) is 2.22. The lowest BCUT2D eigenvalue weighted by Gasteiger charge is -2.07. The lowest BCUT2D eigenvalue weighted by molar-refractivity contribution is 1.29. The van der Waals surface area contributed by atoms with Gasteiger partial charge < -0.3 is 5.32 Å². The molecule has 5 heteroatoms. The standard InChI is InChI=1S/C11H7BrCl2N2/c12-10-5-8(14)6-15-11(10)16-9-3-1-2-7(13)4-9/h1-6H,(H,15,16). The van der Waals surface area contributed by atoms with E-state index in [1.807, 2.05) is 24.3 Å². The zero-order chi connectivity index (χ0) is 11.5. The number of nitrogens with one attached hydrogen (secondary N) is 1. The molecule has 2 aromatic rings. The molecule has 0 bridgehead atoms. The summed E-state index contributed by atoms with van der Waals surface area (Å²) in [7, 11) is 0. The highest BCUT2D eigenvalue weighted by Gasteiger charge is 2.02. The zero-order valence-electron chi connectivity index (χ0n) is 8.05. The summed E-state index contributed by atoms with van der Waals surface area (Å²) in [6.07, 6.45) is 1.58.